The summed E-state index contributed by atoms with van der Waals surface area (Å²) >= 11 is 0. The first-order chi connectivity index (χ1) is 4.70. The summed E-state index contributed by atoms with van der Waals surface area (Å²) in [5.74, 6) is 0.864. The Hall–Kier alpha value is -0.260. The van der Waals surface area contributed by atoms with Crippen molar-refractivity contribution in [2.45, 2.75) is 47.0 Å². The highest BCUT2D eigenvalue weighted by Crippen LogP contribution is 2.13. The van der Waals surface area contributed by atoms with Crippen LogP contribution in [-0.4, -0.2) is 0 Å². The second-order valence-electron chi connectivity index (χ2n) is 3.18. The average molecular weight is 140 g/mol. The molecule has 0 saturated heterocycles. The molecule has 0 aromatic carbocycles. The minimum absolute atomic E-state index is 0.864. The maximum Gasteiger partial charge on any atom is -0.0297 e. The summed E-state index contributed by atoms with van der Waals surface area (Å²) in [7, 11) is 0. The molecule has 0 N–H and O–H groups in total. The molecule has 0 aliphatic rings. The summed E-state index contributed by atoms with van der Waals surface area (Å²) in [6.07, 6.45) is 6.09. The van der Waals surface area contributed by atoms with Crippen molar-refractivity contribution >= 4 is 0 Å². The third-order valence-corrected chi connectivity index (χ3v) is 1.92. The lowest BCUT2D eigenvalue weighted by Crippen LogP contribution is -1.92. The molecule has 0 fully saturated rings. The molecule has 0 bridgehead atoms. The monoisotopic (exact) mass is 140 g/mol. The van der Waals surface area contributed by atoms with Crippen LogP contribution in [0.25, 0.3) is 0 Å². The maximum atomic E-state index is 2.33. The molecule has 0 amide bonds. The third kappa shape index (κ3) is 4.60. The fourth-order valence-corrected chi connectivity index (χ4v) is 1.13. The van der Waals surface area contributed by atoms with Gasteiger partial charge in [0.05, 0.1) is 0 Å². The molecule has 60 valence electrons. The van der Waals surface area contributed by atoms with Crippen LogP contribution in [-0.2, 0) is 0 Å². The van der Waals surface area contributed by atoms with Gasteiger partial charge in [0.25, 0.3) is 0 Å². The van der Waals surface area contributed by atoms with Crippen LogP contribution in [0.3, 0.4) is 0 Å². The molecule has 0 aliphatic carbocycles. The van der Waals surface area contributed by atoms with Crippen molar-refractivity contribution in [2.24, 2.45) is 5.92 Å². The average Bonchev–Trinajstić information content (AvgIpc) is 1.88. The summed E-state index contributed by atoms with van der Waals surface area (Å²) in [4.78, 5) is 0. The van der Waals surface area contributed by atoms with E-state index in [-0.39, 0.29) is 0 Å². The standard InChI is InChI=1S/C10H20/c1-5-7-10(4)8-9(3)6-2/h7,9H,5-6,8H2,1-4H3. The summed E-state index contributed by atoms with van der Waals surface area (Å²) < 4.78 is 0. The first-order valence-electron chi connectivity index (χ1n) is 4.36. The zero-order valence-electron chi connectivity index (χ0n) is 7.78. The lowest BCUT2D eigenvalue weighted by Gasteiger charge is -2.07. The molecular weight excluding hydrogens is 120 g/mol. The van der Waals surface area contributed by atoms with Crippen molar-refractivity contribution in [3.63, 3.8) is 0 Å². The Kier molecular flexibility index (Phi) is 5.38. The molecule has 0 radical (unpaired) electrons. The Morgan fingerprint density at radius 2 is 2.00 bits per heavy atom. The van der Waals surface area contributed by atoms with Crippen molar-refractivity contribution in [1.29, 1.82) is 0 Å². The van der Waals surface area contributed by atoms with Crippen LogP contribution in [0.5, 0.6) is 0 Å². The van der Waals surface area contributed by atoms with E-state index in [9.17, 15) is 0 Å². The van der Waals surface area contributed by atoms with E-state index in [4.69, 9.17) is 0 Å². The second-order valence-corrected chi connectivity index (χ2v) is 3.18. The fourth-order valence-electron chi connectivity index (χ4n) is 1.13. The lowest BCUT2D eigenvalue weighted by atomic mass is 9.99. The minimum atomic E-state index is 0.864. The molecule has 1 atom stereocenters. The van der Waals surface area contributed by atoms with Crippen molar-refractivity contribution in [1.82, 2.24) is 0 Å². The van der Waals surface area contributed by atoms with Gasteiger partial charge in [-0.2, -0.15) is 0 Å². The molecule has 0 heterocycles. The molecule has 0 heteroatoms. The van der Waals surface area contributed by atoms with Gasteiger partial charge >= 0.3 is 0 Å². The van der Waals surface area contributed by atoms with Gasteiger partial charge in [0, 0.05) is 0 Å². The molecule has 0 aromatic rings. The van der Waals surface area contributed by atoms with Crippen LogP contribution in [0, 0.1) is 5.92 Å². The highest BCUT2D eigenvalue weighted by molar-refractivity contribution is 4.97. The number of hydrogen-bond donors (Lipinski definition) is 0. The second kappa shape index (κ2) is 5.52. The van der Waals surface area contributed by atoms with Gasteiger partial charge in [0.15, 0.2) is 0 Å². The first-order valence-corrected chi connectivity index (χ1v) is 4.36. The highest BCUT2D eigenvalue weighted by atomic mass is 14.0. The molecule has 0 nitrogen and oxygen atoms in total. The van der Waals surface area contributed by atoms with Crippen LogP contribution in [0.1, 0.15) is 47.0 Å². The molecule has 0 rings (SSSR count). The smallest absolute Gasteiger partial charge is 0.0297 e. The van der Waals surface area contributed by atoms with E-state index in [1.807, 2.05) is 0 Å². The Labute approximate surface area is 65.3 Å². The summed E-state index contributed by atoms with van der Waals surface area (Å²) in [5, 5.41) is 0. The Bertz CT molecular complexity index is 101. The van der Waals surface area contributed by atoms with E-state index >= 15 is 0 Å². The van der Waals surface area contributed by atoms with E-state index in [1.54, 1.807) is 5.57 Å². The molecule has 0 spiro atoms. The largest absolute Gasteiger partial charge is 0.0859 e. The van der Waals surface area contributed by atoms with Gasteiger partial charge in [-0.15, -0.1) is 0 Å². The summed E-state index contributed by atoms with van der Waals surface area (Å²) in [6.45, 7) is 8.99. The van der Waals surface area contributed by atoms with E-state index in [0.29, 0.717) is 0 Å². The lowest BCUT2D eigenvalue weighted by molar-refractivity contribution is 0.556. The van der Waals surface area contributed by atoms with Crippen molar-refractivity contribution < 1.29 is 0 Å². The Morgan fingerprint density at radius 1 is 1.40 bits per heavy atom. The van der Waals surface area contributed by atoms with Crippen molar-refractivity contribution in [3.05, 3.63) is 11.6 Å². The zero-order valence-corrected chi connectivity index (χ0v) is 7.78. The SMILES string of the molecule is CCC=C(C)CC(C)CC. The molecule has 0 saturated carbocycles. The fraction of sp³-hybridized carbons (Fsp3) is 0.800. The van der Waals surface area contributed by atoms with E-state index in [0.717, 1.165) is 5.92 Å². The topological polar surface area (TPSA) is 0 Å². The normalized spacial score (nSPS) is 15.4. The number of rotatable bonds is 4. The van der Waals surface area contributed by atoms with E-state index in [2.05, 4.69) is 33.8 Å². The van der Waals surface area contributed by atoms with E-state index < -0.39 is 0 Å². The molecular formula is C10H20. The highest BCUT2D eigenvalue weighted by Gasteiger charge is 1.97. The van der Waals surface area contributed by atoms with Gasteiger partial charge in [-0.3, -0.25) is 0 Å². The first kappa shape index (κ1) is 9.74. The number of hydrogen-bond acceptors (Lipinski definition) is 0. The van der Waals surface area contributed by atoms with Gasteiger partial charge in [-0.25, -0.2) is 0 Å². The zero-order chi connectivity index (χ0) is 7.98. The minimum Gasteiger partial charge on any atom is -0.0859 e. The maximum absolute atomic E-state index is 2.33. The van der Waals surface area contributed by atoms with Gasteiger partial charge in [-0.05, 0) is 25.7 Å². The number of allylic oxidation sites excluding steroid dienone is 2. The van der Waals surface area contributed by atoms with Crippen molar-refractivity contribution in [3.8, 4) is 0 Å². The van der Waals surface area contributed by atoms with Crippen LogP contribution in [0.15, 0.2) is 11.6 Å². The van der Waals surface area contributed by atoms with Crippen LogP contribution < -0.4 is 0 Å². The van der Waals surface area contributed by atoms with Gasteiger partial charge in [-0.1, -0.05) is 38.8 Å². The van der Waals surface area contributed by atoms with E-state index in [1.165, 1.54) is 19.3 Å². The Morgan fingerprint density at radius 3 is 2.40 bits per heavy atom. The Balaban J connectivity index is 3.56. The van der Waals surface area contributed by atoms with Crippen molar-refractivity contribution in [2.75, 3.05) is 0 Å². The van der Waals surface area contributed by atoms with Crippen LogP contribution in [0.4, 0.5) is 0 Å². The van der Waals surface area contributed by atoms with Crippen LogP contribution >= 0.6 is 0 Å². The molecule has 1 unspecified atom stereocenters. The quantitative estimate of drug-likeness (QED) is 0.521. The van der Waals surface area contributed by atoms with Gasteiger partial charge in [0.2, 0.25) is 0 Å². The summed E-state index contributed by atoms with van der Waals surface area (Å²) in [5.41, 5.74) is 1.55. The summed E-state index contributed by atoms with van der Waals surface area (Å²) in [6, 6.07) is 0. The predicted octanol–water partition coefficient (Wildman–Crippen LogP) is 3.78. The predicted molar refractivity (Wildman–Crippen MR) is 48.1 cm³/mol. The molecule has 0 aromatic heterocycles. The molecule has 0 aliphatic heterocycles. The molecule has 10 heavy (non-hydrogen) atoms. The third-order valence-electron chi connectivity index (χ3n) is 1.92. The van der Waals surface area contributed by atoms with Crippen LogP contribution in [0.2, 0.25) is 0 Å². The van der Waals surface area contributed by atoms with Gasteiger partial charge < -0.3 is 0 Å². The van der Waals surface area contributed by atoms with Gasteiger partial charge in [0.1, 0.15) is 0 Å².